The summed E-state index contributed by atoms with van der Waals surface area (Å²) in [5.41, 5.74) is 15.0. The molecule has 3 aromatic rings. The van der Waals surface area contributed by atoms with Crippen LogP contribution in [0.2, 0.25) is 5.02 Å². The number of rotatable bonds is 6. The fourth-order valence-electron chi connectivity index (χ4n) is 5.73. The van der Waals surface area contributed by atoms with Gasteiger partial charge in [-0.2, -0.15) is 0 Å². The molecule has 5 rings (SSSR count). The van der Waals surface area contributed by atoms with E-state index in [1.165, 1.54) is 22.9 Å². The van der Waals surface area contributed by atoms with Crippen LogP contribution in [0.4, 0.5) is 17.5 Å². The van der Waals surface area contributed by atoms with Gasteiger partial charge in [-0.15, -0.1) is 0 Å². The van der Waals surface area contributed by atoms with Crippen molar-refractivity contribution in [3.05, 3.63) is 57.3 Å². The average Bonchev–Trinajstić information content (AvgIpc) is 3.15. The molecule has 1 fully saturated rings. The number of piperidine rings is 1. The Labute approximate surface area is 243 Å². The summed E-state index contributed by atoms with van der Waals surface area (Å²) in [4.78, 5) is 16.3. The van der Waals surface area contributed by atoms with E-state index in [0.29, 0.717) is 15.9 Å². The number of hydrogen-bond acceptors (Lipinski definition) is 8. The first-order chi connectivity index (χ1) is 18.0. The highest BCUT2D eigenvalue weighted by Crippen LogP contribution is 2.57. The molecule has 0 saturated carbocycles. The number of aromatic nitrogens is 3. The van der Waals surface area contributed by atoms with Gasteiger partial charge in [0.1, 0.15) is 16.7 Å². The summed E-state index contributed by atoms with van der Waals surface area (Å²) in [5, 5.41) is 6.87. The Balaban J connectivity index is 1.35. The van der Waals surface area contributed by atoms with Crippen molar-refractivity contribution in [2.45, 2.75) is 60.1 Å². The van der Waals surface area contributed by atoms with Crippen molar-refractivity contribution in [1.82, 2.24) is 15.0 Å². The van der Waals surface area contributed by atoms with E-state index >= 15 is 0 Å². The summed E-state index contributed by atoms with van der Waals surface area (Å²) in [7, 11) is -1.41. The molecular formula is C26H31BrClN7OS2. The fraction of sp³-hybridized carbons (Fsp3) is 0.423. The van der Waals surface area contributed by atoms with Crippen LogP contribution in [0.3, 0.4) is 0 Å². The molecule has 202 valence electrons. The normalized spacial score (nSPS) is 19.5. The molecule has 1 aromatic carbocycles. The van der Waals surface area contributed by atoms with Gasteiger partial charge in [0, 0.05) is 28.7 Å². The van der Waals surface area contributed by atoms with Gasteiger partial charge in [0.05, 0.1) is 27.0 Å². The number of nitrogens with zero attached hydrogens (tertiary/aromatic N) is 4. The Morgan fingerprint density at radius 2 is 1.95 bits per heavy atom. The molecule has 1 aliphatic heterocycles. The first-order valence-electron chi connectivity index (χ1n) is 12.4. The molecule has 1 saturated heterocycles. The summed E-state index contributed by atoms with van der Waals surface area (Å²) in [6.45, 7) is 5.69. The maximum atomic E-state index is 12.4. The minimum atomic E-state index is -1.41. The Morgan fingerprint density at radius 3 is 2.63 bits per heavy atom. The second-order valence-corrected chi connectivity index (χ2v) is 14.7. The Hall–Kier alpha value is -1.92. The summed E-state index contributed by atoms with van der Waals surface area (Å²) in [6, 6.07) is 8.35. The van der Waals surface area contributed by atoms with Gasteiger partial charge in [-0.3, -0.25) is 5.14 Å². The lowest BCUT2D eigenvalue weighted by molar-refractivity contribution is 0.170. The van der Waals surface area contributed by atoms with E-state index in [1.54, 1.807) is 18.5 Å². The zero-order valence-electron chi connectivity index (χ0n) is 21.3. The largest absolute Gasteiger partial charge is 0.382 e. The Bertz CT molecular complexity index is 1400. The minimum absolute atomic E-state index is 0.0864. The van der Waals surface area contributed by atoms with Crippen molar-refractivity contribution >= 4 is 67.7 Å². The molecular weight excluding hydrogens is 606 g/mol. The minimum Gasteiger partial charge on any atom is -0.382 e. The maximum absolute atomic E-state index is 12.4. The molecule has 0 bridgehead atoms. The second-order valence-electron chi connectivity index (χ2n) is 10.7. The highest BCUT2D eigenvalue weighted by Gasteiger charge is 2.49. The quantitative estimate of drug-likeness (QED) is 0.331. The fourth-order valence-corrected chi connectivity index (χ4v) is 7.45. The van der Waals surface area contributed by atoms with Gasteiger partial charge in [0.2, 0.25) is 0 Å². The number of benzene rings is 1. The summed E-state index contributed by atoms with van der Waals surface area (Å²) in [6.07, 6.45) is 7.14. The molecule has 1 aliphatic carbocycles. The third-order valence-corrected chi connectivity index (χ3v) is 11.3. The van der Waals surface area contributed by atoms with Crippen molar-refractivity contribution in [1.29, 1.82) is 0 Å². The lowest BCUT2D eigenvalue weighted by Gasteiger charge is -2.45. The van der Waals surface area contributed by atoms with E-state index in [9.17, 15) is 4.21 Å². The SMILES string of the molecule is CC(C)(C[C@@H]1c2cc(Br)ccc2CC12CCN(c1cnc(Sc3ccnc(N)c3Cl)c(N)n1)CC2)S(N)=O. The van der Waals surface area contributed by atoms with Crippen molar-refractivity contribution in [2.24, 2.45) is 10.6 Å². The maximum Gasteiger partial charge on any atom is 0.158 e. The van der Waals surface area contributed by atoms with Crippen LogP contribution in [-0.4, -0.2) is 37.0 Å². The first kappa shape index (κ1) is 27.6. The molecule has 2 atom stereocenters. The summed E-state index contributed by atoms with van der Waals surface area (Å²) >= 11 is 11.3. The number of hydrogen-bond donors (Lipinski definition) is 3. The van der Waals surface area contributed by atoms with Gasteiger partial charge >= 0.3 is 0 Å². The predicted molar refractivity (Wildman–Crippen MR) is 160 cm³/mol. The van der Waals surface area contributed by atoms with Crippen LogP contribution in [0.25, 0.3) is 0 Å². The number of anilines is 3. The van der Waals surface area contributed by atoms with Gasteiger partial charge in [-0.25, -0.2) is 19.2 Å². The molecule has 6 N–H and O–H groups in total. The molecule has 0 amide bonds. The molecule has 1 unspecified atom stereocenters. The molecule has 2 aromatic heterocycles. The Kier molecular flexibility index (Phi) is 7.69. The van der Waals surface area contributed by atoms with Crippen molar-refractivity contribution in [3.63, 3.8) is 0 Å². The smallest absolute Gasteiger partial charge is 0.158 e. The van der Waals surface area contributed by atoms with E-state index in [-0.39, 0.29) is 17.2 Å². The third-order valence-electron chi connectivity index (χ3n) is 7.93. The molecule has 8 nitrogen and oxygen atoms in total. The number of nitrogens with two attached hydrogens (primary N) is 3. The predicted octanol–water partition coefficient (Wildman–Crippen LogP) is 5.32. The Morgan fingerprint density at radius 1 is 1.21 bits per heavy atom. The van der Waals surface area contributed by atoms with Crippen LogP contribution in [0.1, 0.15) is 50.2 Å². The van der Waals surface area contributed by atoms with Crippen LogP contribution in [0.15, 0.2) is 51.1 Å². The van der Waals surface area contributed by atoms with Gasteiger partial charge in [-0.05, 0) is 80.2 Å². The summed E-state index contributed by atoms with van der Waals surface area (Å²) < 4.78 is 13.0. The van der Waals surface area contributed by atoms with E-state index in [0.717, 1.165) is 54.0 Å². The zero-order chi connectivity index (χ0) is 27.2. The van der Waals surface area contributed by atoms with Gasteiger partial charge in [-0.1, -0.05) is 45.4 Å². The highest BCUT2D eigenvalue weighted by molar-refractivity contribution is 9.10. The molecule has 3 heterocycles. The highest BCUT2D eigenvalue weighted by atomic mass is 79.9. The molecule has 1 spiro atoms. The van der Waals surface area contributed by atoms with Gasteiger partial charge < -0.3 is 16.4 Å². The van der Waals surface area contributed by atoms with Crippen LogP contribution >= 0.6 is 39.3 Å². The van der Waals surface area contributed by atoms with E-state index in [1.807, 2.05) is 13.8 Å². The van der Waals surface area contributed by atoms with Crippen molar-refractivity contribution in [3.8, 4) is 0 Å². The topological polar surface area (TPSA) is 137 Å². The van der Waals surface area contributed by atoms with Crippen LogP contribution in [0.5, 0.6) is 0 Å². The number of halogens is 2. The molecule has 2 aliphatic rings. The van der Waals surface area contributed by atoms with E-state index in [4.69, 9.17) is 28.2 Å². The summed E-state index contributed by atoms with van der Waals surface area (Å²) in [5.74, 6) is 1.66. The molecule has 12 heteroatoms. The third kappa shape index (κ3) is 5.28. The lowest BCUT2D eigenvalue weighted by Crippen LogP contribution is -2.45. The first-order valence-corrected chi connectivity index (χ1v) is 15.6. The number of fused-ring (bicyclic) bond motifs is 1. The molecule has 0 radical (unpaired) electrons. The van der Waals surface area contributed by atoms with Crippen molar-refractivity contribution < 1.29 is 4.21 Å². The van der Waals surface area contributed by atoms with Gasteiger partial charge in [0.25, 0.3) is 0 Å². The monoisotopic (exact) mass is 635 g/mol. The average molecular weight is 637 g/mol. The van der Waals surface area contributed by atoms with Crippen LogP contribution < -0.4 is 21.5 Å². The standard InChI is InChI=1S/C26H31BrClN7OS2/c1-25(2,38(31)36)13-18-17-11-16(27)4-3-15(17)12-26(18)6-9-35(10-7-26)20-14-33-24(23(30)34-20)37-19-5-8-32-22(29)21(19)28/h3-5,8,11,14,18H,6-7,9-10,12-13,31H2,1-2H3,(H2,29,32)(H2,30,34)/t18-,38?/m1/s1. The number of nitrogen functional groups attached to an aromatic ring is 2. The zero-order valence-corrected chi connectivity index (χ0v) is 25.3. The van der Waals surface area contributed by atoms with Crippen LogP contribution in [-0.2, 0) is 17.4 Å². The lowest BCUT2D eigenvalue weighted by atomic mass is 9.67. The van der Waals surface area contributed by atoms with Crippen LogP contribution in [0, 0.1) is 5.41 Å². The van der Waals surface area contributed by atoms with E-state index < -0.39 is 15.7 Å². The van der Waals surface area contributed by atoms with E-state index in [2.05, 4.69) is 54.0 Å². The number of pyridine rings is 1. The second kappa shape index (κ2) is 10.6. The molecule has 38 heavy (non-hydrogen) atoms. The van der Waals surface area contributed by atoms with Crippen molar-refractivity contribution in [2.75, 3.05) is 29.5 Å². The van der Waals surface area contributed by atoms with Gasteiger partial charge in [0.15, 0.2) is 5.82 Å².